The van der Waals surface area contributed by atoms with E-state index >= 15 is 0 Å². The van der Waals surface area contributed by atoms with Gasteiger partial charge in [-0.15, -0.1) is 0 Å². The maximum Gasteiger partial charge on any atom is 0.0234 e. The molecule has 0 aliphatic carbocycles. The molecular formula is C17H29N3. The number of likely N-dealkylation sites (N-methyl/N-ethyl adjacent to an activating group) is 1. The predicted molar refractivity (Wildman–Crippen MR) is 86.1 cm³/mol. The number of hydrogen-bond acceptors (Lipinski definition) is 3. The molecule has 0 aromatic heterocycles. The van der Waals surface area contributed by atoms with Gasteiger partial charge in [-0.3, -0.25) is 4.90 Å². The molecule has 0 saturated carbocycles. The summed E-state index contributed by atoms with van der Waals surface area (Å²) < 4.78 is 0. The highest BCUT2D eigenvalue weighted by molar-refractivity contribution is 5.22. The molecule has 3 nitrogen and oxygen atoms in total. The van der Waals surface area contributed by atoms with Gasteiger partial charge in [-0.25, -0.2) is 0 Å². The Morgan fingerprint density at radius 2 is 1.55 bits per heavy atom. The minimum Gasteiger partial charge on any atom is -0.319 e. The Bertz CT molecular complexity index is 366. The van der Waals surface area contributed by atoms with E-state index < -0.39 is 0 Å². The van der Waals surface area contributed by atoms with Crippen LogP contribution in [0.4, 0.5) is 0 Å². The Morgan fingerprint density at radius 3 is 2.15 bits per heavy atom. The Hall–Kier alpha value is -0.900. The van der Waals surface area contributed by atoms with Crippen LogP contribution >= 0.6 is 0 Å². The quantitative estimate of drug-likeness (QED) is 0.821. The SMILES string of the molecule is CCCN1CCN(Cc2ccc(CCNC)cc2)CC1. The molecule has 1 aliphatic rings. The summed E-state index contributed by atoms with van der Waals surface area (Å²) in [5, 5.41) is 3.20. The van der Waals surface area contributed by atoms with Gasteiger partial charge in [0.2, 0.25) is 0 Å². The van der Waals surface area contributed by atoms with Gasteiger partial charge in [-0.2, -0.15) is 0 Å². The topological polar surface area (TPSA) is 18.5 Å². The molecule has 0 spiro atoms. The van der Waals surface area contributed by atoms with Gasteiger partial charge in [0, 0.05) is 32.7 Å². The van der Waals surface area contributed by atoms with Crippen molar-refractivity contribution in [2.75, 3.05) is 46.3 Å². The van der Waals surface area contributed by atoms with E-state index in [1.165, 1.54) is 50.3 Å². The van der Waals surface area contributed by atoms with Crippen molar-refractivity contribution in [1.29, 1.82) is 0 Å². The van der Waals surface area contributed by atoms with Gasteiger partial charge in [-0.1, -0.05) is 31.2 Å². The van der Waals surface area contributed by atoms with Crippen molar-refractivity contribution in [2.45, 2.75) is 26.3 Å². The number of piperazine rings is 1. The highest BCUT2D eigenvalue weighted by Crippen LogP contribution is 2.10. The normalized spacial score (nSPS) is 17.5. The molecule has 1 saturated heterocycles. The molecule has 1 heterocycles. The van der Waals surface area contributed by atoms with Crippen LogP contribution in [0.5, 0.6) is 0 Å². The minimum atomic E-state index is 1.05. The molecule has 3 heteroatoms. The standard InChI is InChI=1S/C17H29N3/c1-3-10-19-11-13-20(14-12-19)15-17-6-4-16(5-7-17)8-9-18-2/h4-7,18H,3,8-15H2,1-2H3. The van der Waals surface area contributed by atoms with Gasteiger partial charge in [0.05, 0.1) is 0 Å². The summed E-state index contributed by atoms with van der Waals surface area (Å²) in [6.07, 6.45) is 2.39. The van der Waals surface area contributed by atoms with E-state index in [1.807, 2.05) is 7.05 Å². The van der Waals surface area contributed by atoms with E-state index in [0.717, 1.165) is 19.5 Å². The van der Waals surface area contributed by atoms with E-state index in [2.05, 4.69) is 46.3 Å². The van der Waals surface area contributed by atoms with E-state index in [4.69, 9.17) is 0 Å². The fraction of sp³-hybridized carbons (Fsp3) is 0.647. The third-order valence-corrected chi connectivity index (χ3v) is 4.10. The summed E-state index contributed by atoms with van der Waals surface area (Å²) in [7, 11) is 2.01. The Balaban J connectivity index is 1.76. The Morgan fingerprint density at radius 1 is 0.950 bits per heavy atom. The predicted octanol–water partition coefficient (Wildman–Crippen LogP) is 1.98. The highest BCUT2D eigenvalue weighted by atomic mass is 15.3. The van der Waals surface area contributed by atoms with Gasteiger partial charge in [-0.05, 0) is 44.1 Å². The first-order chi connectivity index (χ1) is 9.81. The second-order valence-electron chi connectivity index (χ2n) is 5.79. The molecule has 1 aliphatic heterocycles. The van der Waals surface area contributed by atoms with Crippen LogP contribution in [-0.4, -0.2) is 56.1 Å². The molecule has 0 amide bonds. The van der Waals surface area contributed by atoms with Crippen molar-refractivity contribution in [2.24, 2.45) is 0 Å². The summed E-state index contributed by atoms with van der Waals surface area (Å²) in [5.74, 6) is 0. The molecule has 1 aromatic carbocycles. The zero-order valence-electron chi connectivity index (χ0n) is 13.1. The van der Waals surface area contributed by atoms with Gasteiger partial charge in [0.25, 0.3) is 0 Å². The monoisotopic (exact) mass is 275 g/mol. The first-order valence-electron chi connectivity index (χ1n) is 7.99. The fourth-order valence-electron chi connectivity index (χ4n) is 2.83. The van der Waals surface area contributed by atoms with Crippen LogP contribution in [-0.2, 0) is 13.0 Å². The molecule has 1 fully saturated rings. The van der Waals surface area contributed by atoms with Crippen molar-refractivity contribution in [1.82, 2.24) is 15.1 Å². The molecule has 20 heavy (non-hydrogen) atoms. The molecule has 0 atom stereocenters. The highest BCUT2D eigenvalue weighted by Gasteiger charge is 2.15. The van der Waals surface area contributed by atoms with E-state index in [1.54, 1.807) is 0 Å². The maximum atomic E-state index is 3.20. The van der Waals surface area contributed by atoms with Crippen LogP contribution in [0, 0.1) is 0 Å². The number of benzene rings is 1. The van der Waals surface area contributed by atoms with Crippen LogP contribution in [0.3, 0.4) is 0 Å². The van der Waals surface area contributed by atoms with Crippen LogP contribution in [0.15, 0.2) is 24.3 Å². The van der Waals surface area contributed by atoms with Gasteiger partial charge < -0.3 is 10.2 Å². The van der Waals surface area contributed by atoms with Gasteiger partial charge >= 0.3 is 0 Å². The lowest BCUT2D eigenvalue weighted by Crippen LogP contribution is -2.45. The summed E-state index contributed by atoms with van der Waals surface area (Å²) in [5.41, 5.74) is 2.87. The average molecular weight is 275 g/mol. The van der Waals surface area contributed by atoms with Crippen LogP contribution in [0.1, 0.15) is 24.5 Å². The Labute approximate surface area is 124 Å². The van der Waals surface area contributed by atoms with Crippen molar-refractivity contribution in [3.63, 3.8) is 0 Å². The van der Waals surface area contributed by atoms with Crippen molar-refractivity contribution >= 4 is 0 Å². The summed E-state index contributed by atoms with van der Waals surface area (Å²) in [4.78, 5) is 5.16. The third-order valence-electron chi connectivity index (χ3n) is 4.10. The lowest BCUT2D eigenvalue weighted by atomic mass is 10.1. The van der Waals surface area contributed by atoms with Crippen molar-refractivity contribution in [3.05, 3.63) is 35.4 Å². The Kier molecular flexibility index (Phi) is 6.51. The van der Waals surface area contributed by atoms with Crippen molar-refractivity contribution in [3.8, 4) is 0 Å². The number of nitrogens with zero attached hydrogens (tertiary/aromatic N) is 2. The van der Waals surface area contributed by atoms with E-state index in [9.17, 15) is 0 Å². The second-order valence-corrected chi connectivity index (χ2v) is 5.79. The summed E-state index contributed by atoms with van der Waals surface area (Å²) in [6, 6.07) is 9.15. The molecule has 2 rings (SSSR count). The van der Waals surface area contributed by atoms with Gasteiger partial charge in [0.15, 0.2) is 0 Å². The molecular weight excluding hydrogens is 246 g/mol. The smallest absolute Gasteiger partial charge is 0.0234 e. The zero-order chi connectivity index (χ0) is 14.2. The lowest BCUT2D eigenvalue weighted by molar-refractivity contribution is 0.127. The first-order valence-corrected chi connectivity index (χ1v) is 7.99. The van der Waals surface area contributed by atoms with Crippen LogP contribution in [0.25, 0.3) is 0 Å². The maximum absolute atomic E-state index is 3.20. The second kappa shape index (κ2) is 8.40. The summed E-state index contributed by atoms with van der Waals surface area (Å²) in [6.45, 7) is 10.6. The number of nitrogens with one attached hydrogen (secondary N) is 1. The number of rotatable bonds is 7. The third kappa shape index (κ3) is 4.89. The average Bonchev–Trinajstić information content (AvgIpc) is 2.49. The summed E-state index contributed by atoms with van der Waals surface area (Å²) >= 11 is 0. The molecule has 1 aromatic rings. The molecule has 0 unspecified atom stereocenters. The van der Waals surface area contributed by atoms with E-state index in [0.29, 0.717) is 0 Å². The largest absolute Gasteiger partial charge is 0.319 e. The number of hydrogen-bond donors (Lipinski definition) is 1. The zero-order valence-corrected chi connectivity index (χ0v) is 13.1. The lowest BCUT2D eigenvalue weighted by Gasteiger charge is -2.34. The van der Waals surface area contributed by atoms with E-state index in [-0.39, 0.29) is 0 Å². The van der Waals surface area contributed by atoms with Crippen molar-refractivity contribution < 1.29 is 0 Å². The van der Waals surface area contributed by atoms with Crippen LogP contribution in [0.2, 0.25) is 0 Å². The molecule has 1 N–H and O–H groups in total. The molecule has 112 valence electrons. The van der Waals surface area contributed by atoms with Gasteiger partial charge in [0.1, 0.15) is 0 Å². The van der Waals surface area contributed by atoms with Crippen LogP contribution < -0.4 is 5.32 Å². The molecule has 0 radical (unpaired) electrons. The fourth-order valence-corrected chi connectivity index (χ4v) is 2.83. The molecule has 0 bridgehead atoms. The minimum absolute atomic E-state index is 1.05. The first kappa shape index (κ1) is 15.5.